The zero-order valence-corrected chi connectivity index (χ0v) is 14.7. The molecule has 3 rings (SSSR count). The van der Waals surface area contributed by atoms with Gasteiger partial charge in [-0.25, -0.2) is 4.98 Å². The molecule has 1 atom stereocenters. The Hall–Kier alpha value is -2.16. The number of pyridine rings is 1. The summed E-state index contributed by atoms with van der Waals surface area (Å²) in [6, 6.07) is 12.7. The first-order valence-corrected chi connectivity index (χ1v) is 8.27. The number of hydrogen-bond donors (Lipinski definition) is 0. The van der Waals surface area contributed by atoms with Gasteiger partial charge in [0.1, 0.15) is 5.69 Å². The molecule has 0 fully saturated rings. The maximum absolute atomic E-state index is 4.90. The lowest BCUT2D eigenvalue weighted by Gasteiger charge is -2.41. The van der Waals surface area contributed by atoms with Crippen molar-refractivity contribution in [2.24, 2.45) is 10.9 Å². The Labute approximate surface area is 139 Å². The first kappa shape index (κ1) is 15.7. The molecule has 0 radical (unpaired) electrons. The first-order chi connectivity index (χ1) is 10.9. The Morgan fingerprint density at radius 1 is 1.13 bits per heavy atom. The minimum Gasteiger partial charge on any atom is -0.343 e. The van der Waals surface area contributed by atoms with Crippen molar-refractivity contribution in [3.05, 3.63) is 53.2 Å². The van der Waals surface area contributed by atoms with Gasteiger partial charge in [0.2, 0.25) is 0 Å². The van der Waals surface area contributed by atoms with E-state index in [9.17, 15) is 0 Å². The fourth-order valence-electron chi connectivity index (χ4n) is 3.25. The van der Waals surface area contributed by atoms with Gasteiger partial charge in [-0.1, -0.05) is 38.1 Å². The molecule has 120 valence electrons. The predicted octanol–water partition coefficient (Wildman–Crippen LogP) is 4.66. The normalized spacial score (nSPS) is 20.0. The summed E-state index contributed by atoms with van der Waals surface area (Å²) in [6.07, 6.45) is 3.04. The highest BCUT2D eigenvalue weighted by Gasteiger charge is 2.35. The summed E-state index contributed by atoms with van der Waals surface area (Å²) in [4.78, 5) is 11.9. The molecule has 0 amide bonds. The minimum atomic E-state index is -0.276. The second kappa shape index (κ2) is 5.80. The minimum absolute atomic E-state index is 0.276. The molecular formula is C20H25N3. The number of fused-ring (bicyclic) bond motifs is 1. The van der Waals surface area contributed by atoms with Gasteiger partial charge in [0, 0.05) is 19.0 Å². The monoisotopic (exact) mass is 307 g/mol. The molecule has 0 aliphatic carbocycles. The molecule has 23 heavy (non-hydrogen) atoms. The Bertz CT molecular complexity index is 748. The maximum atomic E-state index is 4.90. The van der Waals surface area contributed by atoms with E-state index in [0.717, 1.165) is 23.6 Å². The van der Waals surface area contributed by atoms with Crippen LogP contribution in [0.2, 0.25) is 0 Å². The van der Waals surface area contributed by atoms with Crippen molar-refractivity contribution in [3.63, 3.8) is 0 Å². The number of aromatic nitrogens is 1. The highest BCUT2D eigenvalue weighted by molar-refractivity contribution is 5.87. The molecule has 0 bridgehead atoms. The molecule has 1 aromatic heterocycles. The van der Waals surface area contributed by atoms with E-state index in [1.807, 2.05) is 6.21 Å². The molecule has 1 unspecified atom stereocenters. The fraction of sp³-hybridized carbons (Fsp3) is 0.400. The fourth-order valence-corrected chi connectivity index (χ4v) is 3.25. The summed E-state index contributed by atoms with van der Waals surface area (Å²) in [5.41, 5.74) is 4.35. The van der Waals surface area contributed by atoms with E-state index in [-0.39, 0.29) is 5.54 Å². The smallest absolute Gasteiger partial charge is 0.155 e. The average molecular weight is 307 g/mol. The molecule has 2 heterocycles. The van der Waals surface area contributed by atoms with Crippen molar-refractivity contribution in [2.75, 3.05) is 11.9 Å². The van der Waals surface area contributed by atoms with Gasteiger partial charge in [0.15, 0.2) is 5.82 Å². The number of benzene rings is 1. The zero-order valence-electron chi connectivity index (χ0n) is 14.7. The molecule has 2 aromatic rings. The molecule has 0 saturated carbocycles. The van der Waals surface area contributed by atoms with Crippen LogP contribution in [0.5, 0.6) is 0 Å². The Balaban J connectivity index is 2.06. The largest absolute Gasteiger partial charge is 0.343 e. The van der Waals surface area contributed by atoms with Crippen molar-refractivity contribution in [2.45, 2.75) is 39.7 Å². The molecule has 1 aliphatic rings. The third-order valence-electron chi connectivity index (χ3n) is 4.69. The Kier molecular flexibility index (Phi) is 3.97. The number of nitrogens with zero attached hydrogens (tertiary/aromatic N) is 3. The third kappa shape index (κ3) is 2.76. The summed E-state index contributed by atoms with van der Waals surface area (Å²) in [5, 5.41) is 0. The standard InChI is InChI=1S/C20H25N3/c1-14(2)12-16-10-11-18-19(22-16)23(5)20(4,13-21-18)17-9-7-6-8-15(17)3/h6-11,13-14H,12H2,1-5H3. The summed E-state index contributed by atoms with van der Waals surface area (Å²) >= 11 is 0. The molecule has 0 spiro atoms. The number of aliphatic imine (C=N–C) groups is 1. The Morgan fingerprint density at radius 2 is 1.87 bits per heavy atom. The summed E-state index contributed by atoms with van der Waals surface area (Å²) in [7, 11) is 2.11. The van der Waals surface area contributed by atoms with Crippen LogP contribution in [0, 0.1) is 12.8 Å². The molecule has 1 aromatic carbocycles. The van der Waals surface area contributed by atoms with Gasteiger partial charge in [-0.05, 0) is 49.4 Å². The average Bonchev–Trinajstić information content (AvgIpc) is 2.51. The quantitative estimate of drug-likeness (QED) is 0.825. The molecule has 0 saturated heterocycles. The number of hydrogen-bond acceptors (Lipinski definition) is 3. The first-order valence-electron chi connectivity index (χ1n) is 8.27. The van der Waals surface area contributed by atoms with Gasteiger partial charge in [0.25, 0.3) is 0 Å². The lowest BCUT2D eigenvalue weighted by atomic mass is 9.87. The lowest BCUT2D eigenvalue weighted by Crippen LogP contribution is -2.45. The van der Waals surface area contributed by atoms with Gasteiger partial charge in [0.05, 0.1) is 5.54 Å². The Morgan fingerprint density at radius 3 is 2.57 bits per heavy atom. The van der Waals surface area contributed by atoms with E-state index in [1.54, 1.807) is 0 Å². The predicted molar refractivity (Wildman–Crippen MR) is 97.9 cm³/mol. The second-order valence-electron chi connectivity index (χ2n) is 7.02. The summed E-state index contributed by atoms with van der Waals surface area (Å²) < 4.78 is 0. The SMILES string of the molecule is Cc1ccccc1C1(C)C=Nc2ccc(CC(C)C)nc2N1C. The van der Waals surface area contributed by atoms with E-state index in [4.69, 9.17) is 9.98 Å². The van der Waals surface area contributed by atoms with Crippen LogP contribution in [0.25, 0.3) is 0 Å². The third-order valence-corrected chi connectivity index (χ3v) is 4.69. The highest BCUT2D eigenvalue weighted by Crippen LogP contribution is 2.40. The lowest BCUT2D eigenvalue weighted by molar-refractivity contribution is 0.605. The van der Waals surface area contributed by atoms with Gasteiger partial charge in [-0.15, -0.1) is 0 Å². The van der Waals surface area contributed by atoms with E-state index in [2.05, 4.69) is 76.0 Å². The molecule has 3 nitrogen and oxygen atoms in total. The highest BCUT2D eigenvalue weighted by atomic mass is 15.3. The van der Waals surface area contributed by atoms with E-state index < -0.39 is 0 Å². The summed E-state index contributed by atoms with van der Waals surface area (Å²) in [5.74, 6) is 1.57. The summed E-state index contributed by atoms with van der Waals surface area (Å²) in [6.45, 7) is 8.81. The van der Waals surface area contributed by atoms with Crippen molar-refractivity contribution >= 4 is 17.7 Å². The van der Waals surface area contributed by atoms with Gasteiger partial charge >= 0.3 is 0 Å². The second-order valence-corrected chi connectivity index (χ2v) is 7.02. The molecule has 0 N–H and O–H groups in total. The van der Waals surface area contributed by atoms with Crippen LogP contribution in [0.1, 0.15) is 37.6 Å². The number of rotatable bonds is 3. The van der Waals surface area contributed by atoms with Crippen molar-refractivity contribution in [1.82, 2.24) is 4.98 Å². The topological polar surface area (TPSA) is 28.5 Å². The van der Waals surface area contributed by atoms with E-state index in [0.29, 0.717) is 5.92 Å². The van der Waals surface area contributed by atoms with Gasteiger partial charge in [-0.3, -0.25) is 4.99 Å². The number of anilines is 1. The van der Waals surface area contributed by atoms with Crippen molar-refractivity contribution in [3.8, 4) is 0 Å². The van der Waals surface area contributed by atoms with Crippen molar-refractivity contribution < 1.29 is 0 Å². The van der Waals surface area contributed by atoms with Crippen LogP contribution < -0.4 is 4.90 Å². The number of aryl methyl sites for hydroxylation is 1. The van der Waals surface area contributed by atoms with Crippen LogP contribution in [-0.2, 0) is 12.0 Å². The van der Waals surface area contributed by atoms with Gasteiger partial charge in [-0.2, -0.15) is 0 Å². The molecule has 3 heteroatoms. The van der Waals surface area contributed by atoms with Gasteiger partial charge < -0.3 is 4.90 Å². The van der Waals surface area contributed by atoms with E-state index in [1.165, 1.54) is 11.1 Å². The zero-order chi connectivity index (χ0) is 16.6. The molecule has 1 aliphatic heterocycles. The van der Waals surface area contributed by atoms with Crippen LogP contribution in [0.3, 0.4) is 0 Å². The van der Waals surface area contributed by atoms with Crippen LogP contribution in [0.4, 0.5) is 11.5 Å². The van der Waals surface area contributed by atoms with Crippen LogP contribution in [-0.4, -0.2) is 18.2 Å². The maximum Gasteiger partial charge on any atom is 0.155 e. The molecular weight excluding hydrogens is 282 g/mol. The van der Waals surface area contributed by atoms with Crippen LogP contribution in [0.15, 0.2) is 41.4 Å². The van der Waals surface area contributed by atoms with E-state index >= 15 is 0 Å². The van der Waals surface area contributed by atoms with Crippen molar-refractivity contribution in [1.29, 1.82) is 0 Å². The van der Waals surface area contributed by atoms with Crippen LogP contribution >= 0.6 is 0 Å².